The minimum atomic E-state index is -4.94. The molecule has 0 aliphatic carbocycles. The third kappa shape index (κ3) is 6.65. The third-order valence-corrected chi connectivity index (χ3v) is 4.07. The maximum absolute atomic E-state index is 8.49. The van der Waals surface area contributed by atoms with E-state index in [1.807, 2.05) is 0 Å². The highest BCUT2D eigenvalue weighted by Crippen LogP contribution is 2.30. The van der Waals surface area contributed by atoms with E-state index in [4.69, 9.17) is 18.6 Å². The number of benzene rings is 1. The van der Waals surface area contributed by atoms with Crippen LogP contribution < -0.4 is 18.6 Å². The van der Waals surface area contributed by atoms with Gasteiger partial charge in [0.15, 0.2) is 0 Å². The summed E-state index contributed by atoms with van der Waals surface area (Å²) in [4.78, 5) is 0. The Hall–Kier alpha value is -0.690. The Morgan fingerprint density at radius 3 is 1.90 bits per heavy atom. The van der Waals surface area contributed by atoms with Crippen molar-refractivity contribution in [3.05, 3.63) is 35.9 Å². The zero-order valence-corrected chi connectivity index (χ0v) is 12.7. The molecular weight excluding hydrogens is 282 g/mol. The van der Waals surface area contributed by atoms with E-state index in [2.05, 4.69) is 44.3 Å². The summed E-state index contributed by atoms with van der Waals surface area (Å²) < 4.78 is 35.2. The van der Waals surface area contributed by atoms with E-state index in [1.165, 1.54) is 37.0 Å². The molecule has 1 aromatic carbocycles. The van der Waals surface area contributed by atoms with Crippen molar-refractivity contribution in [1.82, 2.24) is 0 Å². The molecule has 0 bridgehead atoms. The van der Waals surface area contributed by atoms with E-state index >= 15 is 0 Å². The van der Waals surface area contributed by atoms with Crippen molar-refractivity contribution < 1.29 is 33.4 Å². The monoisotopic (exact) mass is 303 g/mol. The molecule has 1 fully saturated rings. The van der Waals surface area contributed by atoms with Gasteiger partial charge in [0.2, 0.25) is 0 Å². The molecule has 20 heavy (non-hydrogen) atoms. The van der Waals surface area contributed by atoms with Crippen LogP contribution in [-0.4, -0.2) is 31.2 Å². The maximum atomic E-state index is 8.49. The second-order valence-corrected chi connectivity index (χ2v) is 6.20. The van der Waals surface area contributed by atoms with Crippen LogP contribution in [0.15, 0.2) is 30.3 Å². The van der Waals surface area contributed by atoms with Crippen molar-refractivity contribution >= 4 is 0 Å². The van der Waals surface area contributed by atoms with Gasteiger partial charge in [-0.05, 0) is 18.4 Å². The minimum absolute atomic E-state index is 0.809. The van der Waals surface area contributed by atoms with Crippen LogP contribution in [0.25, 0.3) is 0 Å². The highest BCUT2D eigenvalue weighted by Gasteiger charge is 2.28. The average Bonchev–Trinajstić information content (AvgIpc) is 2.39. The number of hydrogen-bond acceptors (Lipinski definition) is 4. The van der Waals surface area contributed by atoms with Crippen LogP contribution in [0.5, 0.6) is 0 Å². The van der Waals surface area contributed by atoms with Gasteiger partial charge in [-0.2, -0.15) is 0 Å². The van der Waals surface area contributed by atoms with Crippen molar-refractivity contribution in [1.29, 1.82) is 0 Å². The smallest absolute Gasteiger partial charge is 0.0790 e. The van der Waals surface area contributed by atoms with Crippen molar-refractivity contribution in [3.63, 3.8) is 0 Å². The number of hydrogen-bond donors (Lipinski definition) is 0. The van der Waals surface area contributed by atoms with E-state index in [9.17, 15) is 0 Å². The van der Waals surface area contributed by atoms with Gasteiger partial charge in [-0.3, -0.25) is 0 Å². The SMILES string of the molecule is CC[N+]1(C)CCC(c2ccccc2)CC1.[O-][Cl+3]([O-])([O-])[O-]. The number of piperidine rings is 1. The second-order valence-electron chi connectivity index (χ2n) is 5.45. The van der Waals surface area contributed by atoms with E-state index in [-0.39, 0.29) is 0 Å². The Bertz CT molecular complexity index is 380. The van der Waals surface area contributed by atoms with Crippen molar-refractivity contribution in [3.8, 4) is 0 Å². The lowest BCUT2D eigenvalue weighted by atomic mass is 9.88. The van der Waals surface area contributed by atoms with Gasteiger partial charge in [-0.25, -0.2) is 18.6 Å². The fourth-order valence-electron chi connectivity index (χ4n) is 2.57. The van der Waals surface area contributed by atoms with Crippen molar-refractivity contribution in [2.24, 2.45) is 0 Å². The molecule has 1 aliphatic heterocycles. The van der Waals surface area contributed by atoms with E-state index in [0.29, 0.717) is 0 Å². The van der Waals surface area contributed by atoms with Crippen LogP contribution in [0.4, 0.5) is 0 Å². The molecule has 6 heteroatoms. The summed E-state index contributed by atoms with van der Waals surface area (Å²) in [6.45, 7) is 6.27. The number of likely N-dealkylation sites (tertiary alicyclic amines) is 1. The van der Waals surface area contributed by atoms with Gasteiger partial charge in [-0.15, -0.1) is 10.2 Å². The molecule has 1 aromatic rings. The fourth-order valence-corrected chi connectivity index (χ4v) is 2.57. The van der Waals surface area contributed by atoms with Crippen LogP contribution in [0.3, 0.4) is 0 Å². The molecule has 0 amide bonds. The molecule has 0 aromatic heterocycles. The normalized spacial score (nSPS) is 26.6. The Kier molecular flexibility index (Phi) is 6.39. The molecule has 1 heterocycles. The minimum Gasteiger partial charge on any atom is -0.326 e. The molecule has 0 spiro atoms. The van der Waals surface area contributed by atoms with Gasteiger partial charge in [0.1, 0.15) is 0 Å². The third-order valence-electron chi connectivity index (χ3n) is 4.07. The van der Waals surface area contributed by atoms with E-state index in [1.54, 1.807) is 5.56 Å². The highest BCUT2D eigenvalue weighted by molar-refractivity contribution is 5.19. The first kappa shape index (κ1) is 17.4. The van der Waals surface area contributed by atoms with E-state index in [0.717, 1.165) is 5.92 Å². The number of halogens is 1. The lowest BCUT2D eigenvalue weighted by Gasteiger charge is -2.40. The molecule has 2 rings (SSSR count). The molecule has 5 nitrogen and oxygen atoms in total. The highest BCUT2D eigenvalue weighted by atomic mass is 35.7. The van der Waals surface area contributed by atoms with Crippen molar-refractivity contribution in [2.75, 3.05) is 26.7 Å². The second kappa shape index (κ2) is 7.36. The number of rotatable bonds is 2. The largest absolute Gasteiger partial charge is 0.326 e. The molecule has 0 N–H and O–H groups in total. The Morgan fingerprint density at radius 1 is 1.05 bits per heavy atom. The number of quaternary nitrogens is 1. The summed E-state index contributed by atoms with van der Waals surface area (Å²) in [5.74, 6) is 0.809. The summed E-state index contributed by atoms with van der Waals surface area (Å²) in [7, 11) is -2.55. The quantitative estimate of drug-likeness (QED) is 0.607. The zero-order chi connectivity index (χ0) is 15.2. The first-order valence-corrected chi connectivity index (χ1v) is 7.97. The van der Waals surface area contributed by atoms with Crippen molar-refractivity contribution in [2.45, 2.75) is 25.7 Å². The van der Waals surface area contributed by atoms with Crippen LogP contribution in [0, 0.1) is 10.2 Å². The molecule has 0 radical (unpaired) electrons. The van der Waals surface area contributed by atoms with Gasteiger partial charge < -0.3 is 4.48 Å². The lowest BCUT2D eigenvalue weighted by Crippen LogP contribution is -2.68. The van der Waals surface area contributed by atoms with Gasteiger partial charge in [0, 0.05) is 12.8 Å². The maximum Gasteiger partial charge on any atom is 0.0790 e. The fraction of sp³-hybridized carbons (Fsp3) is 0.571. The average molecular weight is 304 g/mol. The standard InChI is InChI=1S/C14H22N.ClHO4/c1-3-15(2)11-9-14(10-12-15)13-7-5-4-6-8-13;2-1(3,4)5/h4-8,14H,3,9-12H2,1-2H3;(H,2,3,4,5)/q+1;/p-1. The molecule has 1 saturated heterocycles. The zero-order valence-electron chi connectivity index (χ0n) is 12.0. The molecular formula is C14H22ClNO4. The van der Waals surface area contributed by atoms with Crippen LogP contribution in [0.1, 0.15) is 31.2 Å². The molecule has 0 saturated carbocycles. The van der Waals surface area contributed by atoms with Gasteiger partial charge in [0.25, 0.3) is 0 Å². The number of nitrogens with zero attached hydrogens (tertiary/aromatic N) is 1. The van der Waals surface area contributed by atoms with Crippen LogP contribution in [0.2, 0.25) is 0 Å². The van der Waals surface area contributed by atoms with Crippen LogP contribution in [-0.2, 0) is 0 Å². The lowest BCUT2D eigenvalue weighted by molar-refractivity contribution is -2.00. The predicted octanol–water partition coefficient (Wildman–Crippen LogP) is -1.73. The first-order chi connectivity index (χ1) is 9.23. The summed E-state index contributed by atoms with van der Waals surface area (Å²) in [6.07, 6.45) is 2.71. The predicted molar refractivity (Wildman–Crippen MR) is 64.9 cm³/mol. The van der Waals surface area contributed by atoms with Gasteiger partial charge in [0.05, 0.1) is 26.7 Å². The Balaban J connectivity index is 0.000000347. The Labute approximate surface area is 122 Å². The van der Waals surface area contributed by atoms with Crippen LogP contribution >= 0.6 is 0 Å². The Morgan fingerprint density at radius 2 is 1.50 bits per heavy atom. The summed E-state index contributed by atoms with van der Waals surface area (Å²) in [6, 6.07) is 11.0. The molecule has 1 aliphatic rings. The molecule has 0 atom stereocenters. The molecule has 0 unspecified atom stereocenters. The summed E-state index contributed by atoms with van der Waals surface area (Å²) >= 11 is 0. The summed E-state index contributed by atoms with van der Waals surface area (Å²) in [5, 5.41) is 0. The van der Waals surface area contributed by atoms with E-state index < -0.39 is 10.2 Å². The molecule has 114 valence electrons. The topological polar surface area (TPSA) is 92.2 Å². The van der Waals surface area contributed by atoms with Gasteiger partial charge in [-0.1, -0.05) is 30.3 Å². The van der Waals surface area contributed by atoms with Gasteiger partial charge >= 0.3 is 0 Å². The first-order valence-electron chi connectivity index (χ1n) is 6.74. The summed E-state index contributed by atoms with van der Waals surface area (Å²) in [5.41, 5.74) is 1.54.